The molecule has 0 saturated carbocycles. The first-order chi connectivity index (χ1) is 6.59. The third-order valence-corrected chi connectivity index (χ3v) is 2.56. The van der Waals surface area contributed by atoms with Crippen LogP contribution in [0.15, 0.2) is 28.7 Å². The Hall–Kier alpha value is -0.380. The standard InChI is InChI=1S/C11H16BrNO/c1-8(14)7-13-9(2)10-4-3-5-11(12)6-10/h3-6,8-9,13-14H,7H2,1-2H3/t8-,9?/m1/s1. The van der Waals surface area contributed by atoms with Crippen LogP contribution in [0.1, 0.15) is 25.5 Å². The van der Waals surface area contributed by atoms with E-state index in [4.69, 9.17) is 5.11 Å². The Labute approximate surface area is 93.5 Å². The van der Waals surface area contributed by atoms with Gasteiger partial charge in [0.05, 0.1) is 6.10 Å². The predicted molar refractivity (Wildman–Crippen MR) is 62.2 cm³/mol. The summed E-state index contributed by atoms with van der Waals surface area (Å²) in [5.41, 5.74) is 1.22. The van der Waals surface area contributed by atoms with Crippen molar-refractivity contribution in [2.24, 2.45) is 0 Å². The molecular formula is C11H16BrNO. The first-order valence-corrected chi connectivity index (χ1v) is 5.56. The van der Waals surface area contributed by atoms with Crippen LogP contribution in [0.5, 0.6) is 0 Å². The van der Waals surface area contributed by atoms with Gasteiger partial charge in [-0.15, -0.1) is 0 Å². The molecule has 0 bridgehead atoms. The maximum atomic E-state index is 9.13. The van der Waals surface area contributed by atoms with Gasteiger partial charge in [0.25, 0.3) is 0 Å². The molecule has 0 fully saturated rings. The average Bonchev–Trinajstić information content (AvgIpc) is 2.14. The van der Waals surface area contributed by atoms with E-state index in [0.717, 1.165) is 4.47 Å². The second-order valence-electron chi connectivity index (χ2n) is 3.53. The SMILES string of the molecule is CC(NC[C@@H](C)O)c1cccc(Br)c1. The maximum absolute atomic E-state index is 9.13. The summed E-state index contributed by atoms with van der Waals surface area (Å²) < 4.78 is 1.08. The van der Waals surface area contributed by atoms with Gasteiger partial charge in [-0.05, 0) is 31.5 Å². The minimum atomic E-state index is -0.301. The van der Waals surface area contributed by atoms with Crippen LogP contribution in [0.3, 0.4) is 0 Å². The van der Waals surface area contributed by atoms with Crippen LogP contribution in [0.25, 0.3) is 0 Å². The molecule has 14 heavy (non-hydrogen) atoms. The fourth-order valence-corrected chi connectivity index (χ4v) is 1.66. The molecular weight excluding hydrogens is 242 g/mol. The van der Waals surface area contributed by atoms with E-state index in [9.17, 15) is 0 Å². The highest BCUT2D eigenvalue weighted by Crippen LogP contribution is 2.17. The first-order valence-electron chi connectivity index (χ1n) is 4.76. The molecule has 78 valence electrons. The number of rotatable bonds is 4. The van der Waals surface area contributed by atoms with Crippen LogP contribution in [-0.2, 0) is 0 Å². The fraction of sp³-hybridized carbons (Fsp3) is 0.455. The molecule has 0 aliphatic heterocycles. The van der Waals surface area contributed by atoms with Crippen molar-refractivity contribution < 1.29 is 5.11 Å². The smallest absolute Gasteiger partial charge is 0.0636 e. The van der Waals surface area contributed by atoms with Crippen molar-refractivity contribution >= 4 is 15.9 Å². The zero-order valence-electron chi connectivity index (χ0n) is 8.50. The van der Waals surface area contributed by atoms with Gasteiger partial charge >= 0.3 is 0 Å². The van der Waals surface area contributed by atoms with Gasteiger partial charge in [0, 0.05) is 17.1 Å². The Morgan fingerprint density at radius 3 is 2.71 bits per heavy atom. The summed E-state index contributed by atoms with van der Waals surface area (Å²) in [6.07, 6.45) is -0.301. The maximum Gasteiger partial charge on any atom is 0.0636 e. The molecule has 1 unspecified atom stereocenters. The Morgan fingerprint density at radius 2 is 2.14 bits per heavy atom. The third-order valence-electron chi connectivity index (χ3n) is 2.07. The second kappa shape index (κ2) is 5.49. The Morgan fingerprint density at radius 1 is 1.43 bits per heavy atom. The van der Waals surface area contributed by atoms with E-state index in [1.165, 1.54) is 5.56 Å². The summed E-state index contributed by atoms with van der Waals surface area (Å²) in [5, 5.41) is 12.4. The van der Waals surface area contributed by atoms with Crippen LogP contribution in [-0.4, -0.2) is 17.8 Å². The first kappa shape index (κ1) is 11.7. The molecule has 0 saturated heterocycles. The van der Waals surface area contributed by atoms with Gasteiger partial charge in [-0.3, -0.25) is 0 Å². The number of nitrogens with one attached hydrogen (secondary N) is 1. The summed E-state index contributed by atoms with van der Waals surface area (Å²) in [6.45, 7) is 4.48. The Balaban J connectivity index is 2.56. The lowest BCUT2D eigenvalue weighted by Gasteiger charge is -2.15. The second-order valence-corrected chi connectivity index (χ2v) is 4.45. The summed E-state index contributed by atoms with van der Waals surface area (Å²) in [4.78, 5) is 0. The number of hydrogen-bond donors (Lipinski definition) is 2. The Bertz CT molecular complexity index is 288. The van der Waals surface area contributed by atoms with Gasteiger partial charge in [-0.1, -0.05) is 28.1 Å². The van der Waals surface area contributed by atoms with Crippen molar-refractivity contribution in [1.29, 1.82) is 0 Å². The molecule has 0 aromatic heterocycles. The van der Waals surface area contributed by atoms with Gasteiger partial charge < -0.3 is 10.4 Å². The molecule has 2 nitrogen and oxygen atoms in total. The topological polar surface area (TPSA) is 32.3 Å². The third kappa shape index (κ3) is 3.78. The molecule has 2 N–H and O–H groups in total. The highest BCUT2D eigenvalue weighted by molar-refractivity contribution is 9.10. The monoisotopic (exact) mass is 257 g/mol. The molecule has 0 aliphatic carbocycles. The van der Waals surface area contributed by atoms with E-state index >= 15 is 0 Å². The zero-order chi connectivity index (χ0) is 10.6. The molecule has 0 amide bonds. The van der Waals surface area contributed by atoms with Gasteiger partial charge in [0.1, 0.15) is 0 Å². The van der Waals surface area contributed by atoms with Crippen LogP contribution >= 0.6 is 15.9 Å². The summed E-state index contributed by atoms with van der Waals surface area (Å²) in [7, 11) is 0. The number of hydrogen-bond acceptors (Lipinski definition) is 2. The van der Waals surface area contributed by atoms with E-state index in [2.05, 4.69) is 40.3 Å². The fourth-order valence-electron chi connectivity index (χ4n) is 1.24. The van der Waals surface area contributed by atoms with E-state index in [-0.39, 0.29) is 12.1 Å². The zero-order valence-corrected chi connectivity index (χ0v) is 10.1. The van der Waals surface area contributed by atoms with Crippen molar-refractivity contribution in [3.8, 4) is 0 Å². The number of benzene rings is 1. The van der Waals surface area contributed by atoms with Gasteiger partial charge in [-0.2, -0.15) is 0 Å². The van der Waals surface area contributed by atoms with Crippen molar-refractivity contribution in [2.45, 2.75) is 26.0 Å². The number of halogens is 1. The number of aliphatic hydroxyl groups excluding tert-OH is 1. The largest absolute Gasteiger partial charge is 0.392 e. The lowest BCUT2D eigenvalue weighted by atomic mass is 10.1. The molecule has 1 aromatic carbocycles. The van der Waals surface area contributed by atoms with Crippen LogP contribution in [0.4, 0.5) is 0 Å². The molecule has 0 radical (unpaired) electrons. The highest BCUT2D eigenvalue weighted by Gasteiger charge is 2.05. The molecule has 0 spiro atoms. The van der Waals surface area contributed by atoms with Crippen molar-refractivity contribution in [3.05, 3.63) is 34.3 Å². The lowest BCUT2D eigenvalue weighted by Crippen LogP contribution is -2.27. The predicted octanol–water partition coefficient (Wildman–Crippen LogP) is 2.48. The molecule has 1 aromatic rings. The number of aliphatic hydroxyl groups is 1. The molecule has 2 atom stereocenters. The lowest BCUT2D eigenvalue weighted by molar-refractivity contribution is 0.187. The van der Waals surface area contributed by atoms with Crippen LogP contribution in [0, 0.1) is 0 Å². The van der Waals surface area contributed by atoms with E-state index in [1.807, 2.05) is 12.1 Å². The summed E-state index contributed by atoms with van der Waals surface area (Å²) >= 11 is 3.43. The quantitative estimate of drug-likeness (QED) is 0.869. The van der Waals surface area contributed by atoms with Crippen LogP contribution < -0.4 is 5.32 Å². The van der Waals surface area contributed by atoms with Crippen LogP contribution in [0.2, 0.25) is 0 Å². The molecule has 0 heterocycles. The average molecular weight is 258 g/mol. The van der Waals surface area contributed by atoms with E-state index in [0.29, 0.717) is 6.54 Å². The minimum absolute atomic E-state index is 0.266. The van der Waals surface area contributed by atoms with Crippen molar-refractivity contribution in [2.75, 3.05) is 6.54 Å². The summed E-state index contributed by atoms with van der Waals surface area (Å²) in [6, 6.07) is 8.44. The molecule has 1 rings (SSSR count). The van der Waals surface area contributed by atoms with Gasteiger partial charge in [0.15, 0.2) is 0 Å². The molecule has 0 aliphatic rings. The van der Waals surface area contributed by atoms with E-state index in [1.54, 1.807) is 6.92 Å². The van der Waals surface area contributed by atoms with Gasteiger partial charge in [0.2, 0.25) is 0 Å². The Kier molecular flexibility index (Phi) is 4.58. The van der Waals surface area contributed by atoms with E-state index < -0.39 is 0 Å². The minimum Gasteiger partial charge on any atom is -0.392 e. The highest BCUT2D eigenvalue weighted by atomic mass is 79.9. The van der Waals surface area contributed by atoms with Crippen molar-refractivity contribution in [3.63, 3.8) is 0 Å². The van der Waals surface area contributed by atoms with Crippen molar-refractivity contribution in [1.82, 2.24) is 5.32 Å². The molecule has 3 heteroatoms. The summed E-state index contributed by atoms with van der Waals surface area (Å²) in [5.74, 6) is 0. The normalized spacial score (nSPS) is 15.1. The van der Waals surface area contributed by atoms with Gasteiger partial charge in [-0.25, -0.2) is 0 Å².